The van der Waals surface area contributed by atoms with Crippen LogP contribution in [-0.4, -0.2) is 33.6 Å². The highest BCUT2D eigenvalue weighted by Gasteiger charge is 2.18. The maximum Gasteiger partial charge on any atom is 0.276 e. The number of amides is 1. The molecule has 0 saturated carbocycles. The Morgan fingerprint density at radius 3 is 2.68 bits per heavy atom. The lowest BCUT2D eigenvalue weighted by atomic mass is 10.2. The molecule has 0 spiro atoms. The Morgan fingerprint density at radius 2 is 2.04 bits per heavy atom. The molecule has 0 N–H and O–H groups in total. The smallest absolute Gasteiger partial charge is 0.276 e. The van der Waals surface area contributed by atoms with Crippen molar-refractivity contribution in [1.82, 2.24) is 14.5 Å². The number of hydrogen-bond donors (Lipinski definition) is 0. The summed E-state index contributed by atoms with van der Waals surface area (Å²) in [6.07, 6.45) is 6.33. The third-order valence-corrected chi connectivity index (χ3v) is 3.56. The molecule has 0 saturated heterocycles. The summed E-state index contributed by atoms with van der Waals surface area (Å²) in [4.78, 5) is 22.5. The van der Waals surface area contributed by atoms with Crippen molar-refractivity contribution in [2.45, 2.75) is 6.92 Å². The number of likely N-dealkylation sites (N-methyl/N-ethyl adjacent to an activating group) is 1. The van der Waals surface area contributed by atoms with Crippen LogP contribution in [0.25, 0.3) is 0 Å². The number of benzene rings is 1. The number of nitrogens with zero attached hydrogens (tertiary/aromatic N) is 4. The third kappa shape index (κ3) is 4.33. The van der Waals surface area contributed by atoms with Crippen molar-refractivity contribution in [1.29, 1.82) is 0 Å². The highest BCUT2D eigenvalue weighted by molar-refractivity contribution is 5.94. The summed E-state index contributed by atoms with van der Waals surface area (Å²) in [7, 11) is 3.44. The first-order chi connectivity index (χ1) is 12.1. The fourth-order valence-electron chi connectivity index (χ4n) is 2.09. The first-order valence-corrected chi connectivity index (χ1v) is 7.75. The van der Waals surface area contributed by atoms with Crippen LogP contribution in [0.3, 0.4) is 0 Å². The van der Waals surface area contributed by atoms with Gasteiger partial charge in [0, 0.05) is 25.9 Å². The highest BCUT2D eigenvalue weighted by atomic mass is 16.2. The average molecular weight is 332 g/mol. The van der Waals surface area contributed by atoms with Crippen LogP contribution < -0.4 is 0 Å². The van der Waals surface area contributed by atoms with Crippen LogP contribution >= 0.6 is 0 Å². The van der Waals surface area contributed by atoms with Gasteiger partial charge in [0.05, 0.1) is 18.1 Å². The third-order valence-electron chi connectivity index (χ3n) is 3.56. The van der Waals surface area contributed by atoms with E-state index in [0.717, 1.165) is 5.56 Å². The molecule has 1 aromatic heterocycles. The van der Waals surface area contributed by atoms with E-state index in [0.29, 0.717) is 17.2 Å². The van der Waals surface area contributed by atoms with Gasteiger partial charge in [-0.05, 0) is 31.1 Å². The molecular formula is C20H20N4O. The lowest BCUT2D eigenvalue weighted by Gasteiger charge is -2.17. The van der Waals surface area contributed by atoms with Crippen molar-refractivity contribution >= 4 is 12.1 Å². The molecule has 0 fully saturated rings. The highest BCUT2D eigenvalue weighted by Crippen LogP contribution is 2.11. The Bertz CT molecular complexity index is 879. The van der Waals surface area contributed by atoms with E-state index in [2.05, 4.69) is 28.4 Å². The molecule has 0 aliphatic rings. The average Bonchev–Trinajstić information content (AvgIpc) is 3.01. The van der Waals surface area contributed by atoms with Gasteiger partial charge in [-0.25, -0.2) is 4.98 Å². The van der Waals surface area contributed by atoms with Crippen molar-refractivity contribution in [2.24, 2.45) is 12.0 Å². The monoisotopic (exact) mass is 332 g/mol. The van der Waals surface area contributed by atoms with E-state index in [-0.39, 0.29) is 5.91 Å². The zero-order valence-electron chi connectivity index (χ0n) is 14.6. The van der Waals surface area contributed by atoms with E-state index in [1.165, 1.54) is 11.1 Å². The van der Waals surface area contributed by atoms with E-state index in [1.54, 1.807) is 44.1 Å². The Kier molecular flexibility index (Phi) is 6.08. The Labute approximate surface area is 148 Å². The molecule has 0 radical (unpaired) electrons. The molecule has 1 amide bonds. The van der Waals surface area contributed by atoms with Crippen LogP contribution in [0.5, 0.6) is 0 Å². The molecular weight excluding hydrogens is 312 g/mol. The number of hydrogen-bond acceptors (Lipinski definition) is 3. The van der Waals surface area contributed by atoms with Gasteiger partial charge >= 0.3 is 0 Å². The van der Waals surface area contributed by atoms with Crippen LogP contribution in [0.2, 0.25) is 0 Å². The molecule has 1 heterocycles. The molecule has 2 aromatic rings. The first kappa shape index (κ1) is 18.0. The summed E-state index contributed by atoms with van der Waals surface area (Å²) in [5.74, 6) is 6.35. The summed E-state index contributed by atoms with van der Waals surface area (Å²) < 4.78 is 1.68. The van der Waals surface area contributed by atoms with Gasteiger partial charge in [0.15, 0.2) is 5.82 Å². The molecule has 2 rings (SSSR count). The molecule has 5 heteroatoms. The van der Waals surface area contributed by atoms with Crippen molar-refractivity contribution < 1.29 is 4.79 Å². The van der Waals surface area contributed by atoms with E-state index in [9.17, 15) is 4.79 Å². The van der Waals surface area contributed by atoms with Crippen LogP contribution in [-0.2, 0) is 7.05 Å². The van der Waals surface area contributed by atoms with Crippen LogP contribution in [0, 0.1) is 11.8 Å². The van der Waals surface area contributed by atoms with Crippen molar-refractivity contribution in [2.75, 3.05) is 7.05 Å². The van der Waals surface area contributed by atoms with E-state index < -0.39 is 0 Å². The normalized spacial score (nSPS) is 11.1. The molecule has 1 aromatic carbocycles. The van der Waals surface area contributed by atoms with Gasteiger partial charge in [0.1, 0.15) is 5.69 Å². The minimum Gasteiger partial charge on any atom is -0.316 e. The van der Waals surface area contributed by atoms with Gasteiger partial charge < -0.3 is 9.47 Å². The fraction of sp³-hybridized carbons (Fsp3) is 0.150. The molecule has 25 heavy (non-hydrogen) atoms. The number of carbonyl (C=O) groups excluding carboxylic acids is 1. The zero-order valence-corrected chi connectivity index (χ0v) is 14.6. The predicted octanol–water partition coefficient (Wildman–Crippen LogP) is 3.01. The van der Waals surface area contributed by atoms with Gasteiger partial charge in [-0.2, -0.15) is 0 Å². The van der Waals surface area contributed by atoms with Crippen molar-refractivity contribution in [3.05, 3.63) is 78.2 Å². The number of aliphatic imine (C=N–C) groups is 1. The summed E-state index contributed by atoms with van der Waals surface area (Å²) in [6.45, 7) is 5.52. The summed E-state index contributed by atoms with van der Waals surface area (Å²) in [5.41, 5.74) is 1.93. The lowest BCUT2D eigenvalue weighted by Crippen LogP contribution is -2.27. The Balaban J connectivity index is 2.27. The van der Waals surface area contributed by atoms with Gasteiger partial charge in [-0.3, -0.25) is 9.79 Å². The van der Waals surface area contributed by atoms with Gasteiger partial charge in [0.2, 0.25) is 0 Å². The van der Waals surface area contributed by atoms with Gasteiger partial charge in [-0.1, -0.05) is 30.7 Å². The fourth-order valence-corrected chi connectivity index (χ4v) is 2.09. The van der Waals surface area contributed by atoms with E-state index >= 15 is 0 Å². The Hall–Kier alpha value is -3.39. The predicted molar refractivity (Wildman–Crippen MR) is 100 cm³/mol. The standard InChI is InChI=1S/C20H20N4O/c1-5-17(14-21-6-2)23(3)20(25)18-15-22-19(24(18)4)13-12-16-10-8-7-9-11-16/h5-11,14-15H,1H2,2-4H3/b17-14+,21-6?. The Morgan fingerprint density at radius 1 is 1.32 bits per heavy atom. The second-order valence-electron chi connectivity index (χ2n) is 5.17. The molecule has 126 valence electrons. The molecule has 0 atom stereocenters. The molecule has 5 nitrogen and oxygen atoms in total. The maximum absolute atomic E-state index is 12.7. The summed E-state index contributed by atoms with van der Waals surface area (Å²) >= 11 is 0. The first-order valence-electron chi connectivity index (χ1n) is 7.75. The second-order valence-corrected chi connectivity index (χ2v) is 5.17. The molecule has 0 bridgehead atoms. The topological polar surface area (TPSA) is 50.5 Å². The quantitative estimate of drug-likeness (QED) is 0.491. The minimum absolute atomic E-state index is 0.208. The summed E-state index contributed by atoms with van der Waals surface area (Å²) in [6, 6.07) is 9.63. The SMILES string of the molecule is C=C/C(=C\N=CC)N(C)C(=O)c1cnc(C#Cc2ccccc2)n1C. The van der Waals surface area contributed by atoms with Crippen LogP contribution in [0.1, 0.15) is 28.8 Å². The van der Waals surface area contributed by atoms with Crippen molar-refractivity contribution in [3.8, 4) is 11.8 Å². The molecule has 0 unspecified atom stereocenters. The number of aromatic nitrogens is 2. The van der Waals surface area contributed by atoms with Crippen molar-refractivity contribution in [3.63, 3.8) is 0 Å². The van der Waals surface area contributed by atoms with Crippen LogP contribution in [0.15, 0.2) is 66.1 Å². The zero-order chi connectivity index (χ0) is 18.2. The van der Waals surface area contributed by atoms with Crippen LogP contribution in [0.4, 0.5) is 0 Å². The molecule has 0 aliphatic heterocycles. The number of allylic oxidation sites excluding steroid dienone is 1. The number of rotatable bonds is 4. The van der Waals surface area contributed by atoms with E-state index in [4.69, 9.17) is 0 Å². The number of carbonyl (C=O) groups is 1. The maximum atomic E-state index is 12.7. The summed E-state index contributed by atoms with van der Waals surface area (Å²) in [5, 5.41) is 0. The lowest BCUT2D eigenvalue weighted by molar-refractivity contribution is 0.0831. The largest absolute Gasteiger partial charge is 0.316 e. The van der Waals surface area contributed by atoms with Gasteiger partial charge in [-0.15, -0.1) is 0 Å². The van der Waals surface area contributed by atoms with Gasteiger partial charge in [0.25, 0.3) is 5.91 Å². The van der Waals surface area contributed by atoms with E-state index in [1.807, 2.05) is 30.3 Å². The molecule has 0 aliphatic carbocycles. The number of imidazole rings is 1. The minimum atomic E-state index is -0.208. The second kappa shape index (κ2) is 8.46.